The summed E-state index contributed by atoms with van der Waals surface area (Å²) in [6, 6.07) is -1.75. The molecule has 9 nitrogen and oxygen atoms in total. The summed E-state index contributed by atoms with van der Waals surface area (Å²) in [5.74, 6) is -1.44. The van der Waals surface area contributed by atoms with E-state index in [9.17, 15) is 14.4 Å². The van der Waals surface area contributed by atoms with E-state index in [1.165, 1.54) is 12.2 Å². The van der Waals surface area contributed by atoms with Crippen molar-refractivity contribution in [3.8, 4) is 0 Å². The molecule has 2 atom stereocenters. The zero-order chi connectivity index (χ0) is 16.0. The fraction of sp³-hybridized carbons (Fsp3) is 0.417. The fourth-order valence-electron chi connectivity index (χ4n) is 1.97. The summed E-state index contributed by atoms with van der Waals surface area (Å²) < 4.78 is 0. The highest BCUT2D eigenvalue weighted by Gasteiger charge is 2.35. The largest absolute Gasteiger partial charge is 0.465 e. The van der Waals surface area contributed by atoms with Crippen molar-refractivity contribution in [1.82, 2.24) is 10.4 Å². The second kappa shape index (κ2) is 7.41. The van der Waals surface area contributed by atoms with Crippen molar-refractivity contribution in [3.63, 3.8) is 0 Å². The molecule has 0 aromatic rings. The van der Waals surface area contributed by atoms with Crippen LogP contribution < -0.4 is 16.9 Å². The number of nitrogens with one attached hydrogen (secondary N) is 1. The van der Waals surface area contributed by atoms with E-state index in [0.717, 1.165) is 4.90 Å². The maximum atomic E-state index is 11.4. The van der Waals surface area contributed by atoms with Crippen LogP contribution in [0.3, 0.4) is 0 Å². The molecule has 1 aliphatic rings. The van der Waals surface area contributed by atoms with E-state index in [1.54, 1.807) is 0 Å². The third-order valence-corrected chi connectivity index (χ3v) is 2.88. The summed E-state index contributed by atoms with van der Waals surface area (Å²) in [7, 11) is 0. The molecule has 0 aliphatic carbocycles. The first-order valence-electron chi connectivity index (χ1n) is 6.12. The van der Waals surface area contributed by atoms with Crippen LogP contribution in [-0.4, -0.2) is 53.1 Å². The molecule has 2 unspecified atom stereocenters. The average Bonchev–Trinajstić information content (AvgIpc) is 2.39. The Morgan fingerprint density at radius 3 is 2.67 bits per heavy atom. The summed E-state index contributed by atoms with van der Waals surface area (Å²) in [6.45, 7) is 3.56. The number of nitrogens with zero attached hydrogens (tertiary/aromatic N) is 1. The minimum atomic E-state index is -1.30. The third-order valence-electron chi connectivity index (χ3n) is 2.88. The molecule has 0 saturated carbocycles. The number of hydrogen-bond acceptors (Lipinski definition) is 5. The maximum Gasteiger partial charge on any atom is 0.408 e. The highest BCUT2D eigenvalue weighted by Crippen LogP contribution is 2.20. The lowest BCUT2D eigenvalue weighted by molar-refractivity contribution is -0.122. The monoisotopic (exact) mass is 298 g/mol. The predicted octanol–water partition coefficient (Wildman–Crippen LogP) is -1.29. The molecule has 1 heterocycles. The van der Waals surface area contributed by atoms with Crippen LogP contribution in [0.25, 0.3) is 0 Å². The van der Waals surface area contributed by atoms with Crippen LogP contribution in [0.15, 0.2) is 24.3 Å². The van der Waals surface area contributed by atoms with Gasteiger partial charge in [0.05, 0.1) is 12.6 Å². The van der Waals surface area contributed by atoms with Crippen molar-refractivity contribution in [3.05, 3.63) is 24.3 Å². The molecule has 0 radical (unpaired) electrons. The maximum absolute atomic E-state index is 11.4. The number of nitrogens with two attached hydrogens (primary N) is 2. The average molecular weight is 298 g/mol. The number of hydrogen-bond donors (Lipinski definition) is 4. The van der Waals surface area contributed by atoms with Crippen molar-refractivity contribution >= 4 is 17.9 Å². The number of primary amides is 2. The second-order valence-corrected chi connectivity index (χ2v) is 4.44. The molecule has 1 aliphatic heterocycles. The van der Waals surface area contributed by atoms with Crippen LogP contribution >= 0.6 is 0 Å². The zero-order valence-corrected chi connectivity index (χ0v) is 11.3. The van der Waals surface area contributed by atoms with Crippen LogP contribution in [0.4, 0.5) is 4.79 Å². The van der Waals surface area contributed by atoms with Crippen LogP contribution in [0.5, 0.6) is 0 Å². The molecule has 9 heteroatoms. The Kier molecular flexibility index (Phi) is 5.88. The molecular weight excluding hydrogens is 280 g/mol. The van der Waals surface area contributed by atoms with Crippen molar-refractivity contribution < 1.29 is 24.3 Å². The third kappa shape index (κ3) is 4.58. The Balaban J connectivity index is 3.00. The Hall–Kier alpha value is -2.39. The SMILES string of the molecule is C=CCONC1CN(C(=O)O)C(C(N)=O)C=C1CC(N)=O. The van der Waals surface area contributed by atoms with E-state index in [1.807, 2.05) is 0 Å². The highest BCUT2D eigenvalue weighted by atomic mass is 16.6. The minimum Gasteiger partial charge on any atom is -0.465 e. The van der Waals surface area contributed by atoms with Gasteiger partial charge in [-0.25, -0.2) is 4.79 Å². The van der Waals surface area contributed by atoms with Gasteiger partial charge in [0.15, 0.2) is 0 Å². The lowest BCUT2D eigenvalue weighted by Gasteiger charge is -2.35. The normalized spacial score (nSPS) is 21.5. The van der Waals surface area contributed by atoms with E-state index in [2.05, 4.69) is 12.1 Å². The lowest BCUT2D eigenvalue weighted by Crippen LogP contribution is -2.56. The van der Waals surface area contributed by atoms with Gasteiger partial charge < -0.3 is 16.6 Å². The Bertz CT molecular complexity index is 476. The molecule has 0 spiro atoms. The molecule has 6 N–H and O–H groups in total. The van der Waals surface area contributed by atoms with Gasteiger partial charge in [-0.3, -0.25) is 19.3 Å². The Morgan fingerprint density at radius 1 is 1.52 bits per heavy atom. The summed E-state index contributed by atoms with van der Waals surface area (Å²) in [5.41, 5.74) is 13.4. The summed E-state index contributed by atoms with van der Waals surface area (Å²) in [5, 5.41) is 9.13. The van der Waals surface area contributed by atoms with E-state index in [4.69, 9.17) is 21.4 Å². The van der Waals surface area contributed by atoms with Gasteiger partial charge in [0.1, 0.15) is 6.04 Å². The second-order valence-electron chi connectivity index (χ2n) is 4.44. The van der Waals surface area contributed by atoms with Crippen LogP contribution in [-0.2, 0) is 14.4 Å². The van der Waals surface area contributed by atoms with Crippen molar-refractivity contribution in [1.29, 1.82) is 0 Å². The minimum absolute atomic E-state index is 0.0980. The molecule has 0 saturated heterocycles. The number of carbonyl (C=O) groups excluding carboxylic acids is 2. The first kappa shape index (κ1) is 16.7. The molecule has 0 aromatic heterocycles. The summed E-state index contributed by atoms with van der Waals surface area (Å²) >= 11 is 0. The number of hydroxylamine groups is 1. The van der Waals surface area contributed by atoms with E-state index in [0.29, 0.717) is 5.57 Å². The molecule has 116 valence electrons. The summed E-state index contributed by atoms with van der Waals surface area (Å²) in [6.07, 6.45) is 1.38. The van der Waals surface area contributed by atoms with Gasteiger partial charge in [0, 0.05) is 13.0 Å². The van der Waals surface area contributed by atoms with Crippen molar-refractivity contribution in [2.24, 2.45) is 11.5 Å². The fourth-order valence-corrected chi connectivity index (χ4v) is 1.97. The van der Waals surface area contributed by atoms with Gasteiger partial charge >= 0.3 is 6.09 Å². The number of amides is 3. The molecular formula is C12H18N4O5. The van der Waals surface area contributed by atoms with Crippen molar-refractivity contribution in [2.45, 2.75) is 18.5 Å². The standard InChI is InChI=1S/C12H18N4O5/c1-2-3-21-15-8-6-16(12(19)20)9(11(14)18)4-7(8)5-10(13)17/h2,4,8-9,15H,1,3,5-6H2,(H2,13,17)(H2,14,18)(H,19,20). The lowest BCUT2D eigenvalue weighted by atomic mass is 9.95. The first-order valence-corrected chi connectivity index (χ1v) is 6.12. The molecule has 0 fully saturated rings. The van der Waals surface area contributed by atoms with Gasteiger partial charge in [-0.1, -0.05) is 12.2 Å². The van der Waals surface area contributed by atoms with Gasteiger partial charge in [-0.15, -0.1) is 6.58 Å². The van der Waals surface area contributed by atoms with Crippen LogP contribution in [0, 0.1) is 0 Å². The molecule has 21 heavy (non-hydrogen) atoms. The molecule has 3 amide bonds. The van der Waals surface area contributed by atoms with Gasteiger partial charge in [0.25, 0.3) is 0 Å². The van der Waals surface area contributed by atoms with Gasteiger partial charge in [-0.05, 0) is 5.57 Å². The highest BCUT2D eigenvalue weighted by molar-refractivity contribution is 5.87. The zero-order valence-electron chi connectivity index (χ0n) is 11.3. The number of carboxylic acid groups (broad SMARTS) is 1. The number of rotatable bonds is 7. The smallest absolute Gasteiger partial charge is 0.408 e. The van der Waals surface area contributed by atoms with E-state index >= 15 is 0 Å². The van der Waals surface area contributed by atoms with Gasteiger partial charge in [0.2, 0.25) is 11.8 Å². The van der Waals surface area contributed by atoms with Crippen molar-refractivity contribution in [2.75, 3.05) is 13.2 Å². The Labute approximate surface area is 121 Å². The van der Waals surface area contributed by atoms with Gasteiger partial charge in [-0.2, -0.15) is 5.48 Å². The molecule has 1 rings (SSSR count). The van der Waals surface area contributed by atoms with Crippen LogP contribution in [0.1, 0.15) is 6.42 Å². The first-order chi connectivity index (χ1) is 9.86. The van der Waals surface area contributed by atoms with Crippen LogP contribution in [0.2, 0.25) is 0 Å². The quantitative estimate of drug-likeness (QED) is 0.261. The van der Waals surface area contributed by atoms with E-state index < -0.39 is 30.0 Å². The predicted molar refractivity (Wildman–Crippen MR) is 72.7 cm³/mol. The van der Waals surface area contributed by atoms with E-state index in [-0.39, 0.29) is 19.6 Å². The topological polar surface area (TPSA) is 148 Å². The number of carbonyl (C=O) groups is 3. The molecule has 0 bridgehead atoms. The molecule has 0 aromatic carbocycles. The Morgan fingerprint density at radius 2 is 2.19 bits per heavy atom. The summed E-state index contributed by atoms with van der Waals surface area (Å²) in [4.78, 5) is 39.6.